The van der Waals surface area contributed by atoms with Gasteiger partial charge in [-0.3, -0.25) is 14.5 Å². The summed E-state index contributed by atoms with van der Waals surface area (Å²) in [5, 5.41) is 10.6. The Bertz CT molecular complexity index is 1050. The number of nitrogens with two attached hydrogens (primary N) is 1. The maximum Gasteiger partial charge on any atom is 0.256 e. The Labute approximate surface area is 188 Å². The van der Waals surface area contributed by atoms with Crippen molar-refractivity contribution in [3.63, 3.8) is 0 Å². The molecule has 4 rings (SSSR count). The Kier molecular flexibility index (Phi) is 5.77. The molecule has 1 saturated heterocycles. The number of aliphatic hydroxyl groups is 1. The number of aliphatic hydroxyl groups excluding tert-OH is 1. The highest BCUT2D eigenvalue weighted by atomic mass is 16.3. The van der Waals surface area contributed by atoms with Crippen LogP contribution in [0.1, 0.15) is 44.2 Å². The van der Waals surface area contributed by atoms with Crippen LogP contribution >= 0.6 is 0 Å². The van der Waals surface area contributed by atoms with Crippen LogP contribution in [0.15, 0.2) is 59.6 Å². The summed E-state index contributed by atoms with van der Waals surface area (Å²) in [5.41, 5.74) is 8.14. The molecule has 3 unspecified atom stereocenters. The summed E-state index contributed by atoms with van der Waals surface area (Å²) in [5.74, 6) is -0.248. The minimum atomic E-state index is -1.08. The van der Waals surface area contributed by atoms with Gasteiger partial charge >= 0.3 is 0 Å². The van der Waals surface area contributed by atoms with Gasteiger partial charge in [-0.15, -0.1) is 0 Å². The number of aliphatic imine (C=N–C) groups is 1. The second-order valence-corrected chi connectivity index (χ2v) is 9.22. The van der Waals surface area contributed by atoms with E-state index in [1.54, 1.807) is 4.90 Å². The highest BCUT2D eigenvalue weighted by molar-refractivity contribution is 6.00. The van der Waals surface area contributed by atoms with Gasteiger partial charge in [0.2, 0.25) is 5.91 Å². The lowest BCUT2D eigenvalue weighted by atomic mass is 9.84. The van der Waals surface area contributed by atoms with E-state index in [-0.39, 0.29) is 36.2 Å². The maximum absolute atomic E-state index is 12.8. The number of carbonyl (C=O) groups excluding carboxylic acids is 2. The molecule has 0 saturated carbocycles. The fourth-order valence-electron chi connectivity index (χ4n) is 4.34. The molecule has 0 aromatic heterocycles. The lowest BCUT2D eigenvalue weighted by molar-refractivity contribution is -0.130. The number of hydrogen-bond acceptors (Lipinski definition) is 5. The van der Waals surface area contributed by atoms with E-state index >= 15 is 0 Å². The predicted molar refractivity (Wildman–Crippen MR) is 124 cm³/mol. The van der Waals surface area contributed by atoms with Crippen molar-refractivity contribution in [2.45, 2.75) is 51.3 Å². The van der Waals surface area contributed by atoms with Crippen molar-refractivity contribution < 1.29 is 14.7 Å². The molecule has 168 valence electrons. The highest BCUT2D eigenvalue weighted by Crippen LogP contribution is 2.33. The van der Waals surface area contributed by atoms with Crippen LogP contribution in [0, 0.1) is 5.92 Å². The second-order valence-electron chi connectivity index (χ2n) is 9.22. The van der Waals surface area contributed by atoms with Gasteiger partial charge in [0.15, 0.2) is 5.96 Å². The van der Waals surface area contributed by atoms with Crippen LogP contribution in [-0.2, 0) is 16.1 Å². The van der Waals surface area contributed by atoms with Gasteiger partial charge in [-0.25, -0.2) is 4.99 Å². The summed E-state index contributed by atoms with van der Waals surface area (Å²) in [4.78, 5) is 33.3. The fourth-order valence-corrected chi connectivity index (χ4v) is 4.34. The zero-order chi connectivity index (χ0) is 23.0. The first-order valence-electron chi connectivity index (χ1n) is 11.0. The van der Waals surface area contributed by atoms with Gasteiger partial charge in [0, 0.05) is 18.2 Å². The van der Waals surface area contributed by atoms with Gasteiger partial charge in [0.1, 0.15) is 6.10 Å². The summed E-state index contributed by atoms with van der Waals surface area (Å²) >= 11 is 0. The molecule has 2 aromatic carbocycles. The van der Waals surface area contributed by atoms with Crippen molar-refractivity contribution in [1.29, 1.82) is 0 Å². The molecule has 0 spiro atoms. The van der Waals surface area contributed by atoms with Crippen molar-refractivity contribution in [3.05, 3.63) is 65.7 Å². The molecule has 2 heterocycles. The van der Waals surface area contributed by atoms with Crippen LogP contribution in [0.4, 0.5) is 5.69 Å². The van der Waals surface area contributed by atoms with Crippen molar-refractivity contribution in [3.8, 4) is 0 Å². The largest absolute Gasteiger partial charge is 0.383 e. The summed E-state index contributed by atoms with van der Waals surface area (Å²) in [6.07, 6.45) is -0.776. The third-order valence-electron chi connectivity index (χ3n) is 6.77. The average Bonchev–Trinajstić information content (AvgIpc) is 3.06. The Hall–Kier alpha value is -3.19. The standard InChI is InChI=1S/C25H30N4O3/c1-16(2)25(3)13-21(30)29(24(26)27-25)14-17-8-7-11-19(12-17)28-15-20(22(31)23(28)32)18-9-5-4-6-10-18/h4-12,16,20,22,31H,13-15H2,1-3H3,(H2,26,27). The van der Waals surface area contributed by atoms with Gasteiger partial charge in [0.05, 0.1) is 18.5 Å². The predicted octanol–water partition coefficient (Wildman–Crippen LogP) is 2.64. The number of nitrogens with zero attached hydrogens (tertiary/aromatic N) is 3. The molecular formula is C25H30N4O3. The first kappa shape index (κ1) is 22.0. The van der Waals surface area contributed by atoms with Gasteiger partial charge in [0.25, 0.3) is 5.91 Å². The van der Waals surface area contributed by atoms with Crippen LogP contribution in [0.5, 0.6) is 0 Å². The molecule has 0 aliphatic carbocycles. The molecule has 3 atom stereocenters. The number of guanidine groups is 1. The van der Waals surface area contributed by atoms with E-state index in [1.807, 2.05) is 75.4 Å². The molecular weight excluding hydrogens is 404 g/mol. The van der Waals surface area contributed by atoms with Crippen molar-refractivity contribution >= 4 is 23.5 Å². The maximum atomic E-state index is 12.8. The van der Waals surface area contributed by atoms with E-state index in [0.29, 0.717) is 18.7 Å². The van der Waals surface area contributed by atoms with Crippen LogP contribution in [-0.4, -0.2) is 46.0 Å². The topological polar surface area (TPSA) is 99.2 Å². The van der Waals surface area contributed by atoms with Crippen LogP contribution in [0.25, 0.3) is 0 Å². The third kappa shape index (κ3) is 4.00. The summed E-state index contributed by atoms with van der Waals surface area (Å²) in [7, 11) is 0. The first-order chi connectivity index (χ1) is 15.2. The first-order valence-corrected chi connectivity index (χ1v) is 11.0. The van der Waals surface area contributed by atoms with Crippen LogP contribution < -0.4 is 10.6 Å². The highest BCUT2D eigenvalue weighted by Gasteiger charge is 2.41. The van der Waals surface area contributed by atoms with Gasteiger partial charge in [-0.05, 0) is 36.1 Å². The SMILES string of the molecule is CC(C)C1(C)CC(=O)N(Cc2cccc(N3CC(c4ccccc4)C(O)C3=O)c2)C(N)=N1. The van der Waals surface area contributed by atoms with Crippen LogP contribution in [0.2, 0.25) is 0 Å². The molecule has 2 aliphatic heterocycles. The number of carbonyl (C=O) groups is 2. The normalized spacial score (nSPS) is 26.1. The van der Waals surface area contributed by atoms with E-state index in [2.05, 4.69) is 4.99 Å². The monoisotopic (exact) mass is 434 g/mol. The Morgan fingerprint density at radius 2 is 1.88 bits per heavy atom. The molecule has 7 nitrogen and oxygen atoms in total. The number of hydrogen-bond donors (Lipinski definition) is 2. The van der Waals surface area contributed by atoms with Crippen molar-refractivity contribution in [1.82, 2.24) is 4.90 Å². The van der Waals surface area contributed by atoms with Gasteiger partial charge in [-0.1, -0.05) is 56.3 Å². The number of amides is 2. The lowest BCUT2D eigenvalue weighted by Crippen LogP contribution is -2.51. The van der Waals surface area contributed by atoms with E-state index in [4.69, 9.17) is 5.73 Å². The van der Waals surface area contributed by atoms with Crippen molar-refractivity contribution in [2.75, 3.05) is 11.4 Å². The number of anilines is 1. The zero-order valence-corrected chi connectivity index (χ0v) is 18.7. The van der Waals surface area contributed by atoms with E-state index in [0.717, 1.165) is 11.1 Å². The molecule has 0 radical (unpaired) electrons. The lowest BCUT2D eigenvalue weighted by Gasteiger charge is -2.37. The molecule has 2 amide bonds. The molecule has 2 aliphatic rings. The van der Waals surface area contributed by atoms with E-state index in [1.165, 1.54) is 4.90 Å². The molecule has 1 fully saturated rings. The molecule has 32 heavy (non-hydrogen) atoms. The third-order valence-corrected chi connectivity index (χ3v) is 6.77. The van der Waals surface area contributed by atoms with E-state index in [9.17, 15) is 14.7 Å². The fraction of sp³-hybridized carbons (Fsp3) is 0.400. The summed E-state index contributed by atoms with van der Waals surface area (Å²) < 4.78 is 0. The quantitative estimate of drug-likeness (QED) is 0.756. The molecule has 3 N–H and O–H groups in total. The van der Waals surface area contributed by atoms with Crippen LogP contribution in [0.3, 0.4) is 0 Å². The second kappa shape index (κ2) is 8.39. The number of rotatable bonds is 5. The molecule has 7 heteroatoms. The van der Waals surface area contributed by atoms with Gasteiger partial charge in [-0.2, -0.15) is 0 Å². The average molecular weight is 435 g/mol. The minimum absolute atomic E-state index is 0.0593. The Morgan fingerprint density at radius 1 is 1.16 bits per heavy atom. The zero-order valence-electron chi connectivity index (χ0n) is 18.7. The number of benzene rings is 2. The Morgan fingerprint density at radius 3 is 2.53 bits per heavy atom. The minimum Gasteiger partial charge on any atom is -0.383 e. The smallest absolute Gasteiger partial charge is 0.256 e. The Balaban J connectivity index is 1.55. The van der Waals surface area contributed by atoms with Crippen molar-refractivity contribution in [2.24, 2.45) is 16.6 Å². The van der Waals surface area contributed by atoms with E-state index < -0.39 is 11.6 Å². The summed E-state index contributed by atoms with van der Waals surface area (Å²) in [6.45, 7) is 6.70. The van der Waals surface area contributed by atoms with Gasteiger partial charge < -0.3 is 15.7 Å². The molecule has 0 bridgehead atoms. The summed E-state index contributed by atoms with van der Waals surface area (Å²) in [6, 6.07) is 17.0. The molecule has 2 aromatic rings.